The molecular formula is C15H15N3S. The van der Waals surface area contributed by atoms with Crippen molar-refractivity contribution >= 4 is 26.7 Å². The lowest BCUT2D eigenvalue weighted by molar-refractivity contribution is 1.01. The van der Waals surface area contributed by atoms with Crippen molar-refractivity contribution in [3.63, 3.8) is 0 Å². The van der Waals surface area contributed by atoms with Gasteiger partial charge in [0.15, 0.2) is 5.13 Å². The van der Waals surface area contributed by atoms with Crippen LogP contribution >= 0.6 is 11.3 Å². The molecule has 0 spiro atoms. The molecule has 3 rings (SSSR count). The summed E-state index contributed by atoms with van der Waals surface area (Å²) in [6, 6.07) is 10.5. The first-order valence-electron chi connectivity index (χ1n) is 6.31. The van der Waals surface area contributed by atoms with E-state index < -0.39 is 0 Å². The zero-order valence-corrected chi connectivity index (χ0v) is 11.6. The van der Waals surface area contributed by atoms with Crippen LogP contribution in [0.15, 0.2) is 42.7 Å². The lowest BCUT2D eigenvalue weighted by Gasteiger charge is -2.01. The van der Waals surface area contributed by atoms with E-state index in [1.54, 1.807) is 11.3 Å². The van der Waals surface area contributed by atoms with Gasteiger partial charge < -0.3 is 5.32 Å². The van der Waals surface area contributed by atoms with E-state index in [0.717, 1.165) is 23.6 Å². The Bertz CT molecular complexity index is 676. The highest BCUT2D eigenvalue weighted by atomic mass is 32.1. The molecule has 0 fully saturated rings. The molecule has 1 aromatic carbocycles. The van der Waals surface area contributed by atoms with Crippen LogP contribution in [-0.4, -0.2) is 16.5 Å². The fraction of sp³-hybridized carbons (Fsp3) is 0.200. The first-order chi connectivity index (χ1) is 9.31. The fourth-order valence-corrected chi connectivity index (χ4v) is 2.85. The molecule has 0 amide bonds. The summed E-state index contributed by atoms with van der Waals surface area (Å²) in [5.74, 6) is 0. The van der Waals surface area contributed by atoms with Crippen molar-refractivity contribution in [1.82, 2.24) is 9.97 Å². The second kappa shape index (κ2) is 5.36. The summed E-state index contributed by atoms with van der Waals surface area (Å²) in [4.78, 5) is 8.62. The lowest BCUT2D eigenvalue weighted by Crippen LogP contribution is -2.04. The summed E-state index contributed by atoms with van der Waals surface area (Å²) >= 11 is 1.71. The Hall–Kier alpha value is -1.94. The minimum Gasteiger partial charge on any atom is -0.361 e. The molecule has 2 heterocycles. The molecule has 0 atom stereocenters. The van der Waals surface area contributed by atoms with Crippen LogP contribution < -0.4 is 5.32 Å². The molecule has 0 aliphatic rings. The van der Waals surface area contributed by atoms with Gasteiger partial charge in [-0.1, -0.05) is 17.4 Å². The normalized spacial score (nSPS) is 10.8. The Morgan fingerprint density at radius 2 is 2.00 bits per heavy atom. The molecule has 0 aliphatic heterocycles. The molecule has 0 saturated heterocycles. The van der Waals surface area contributed by atoms with E-state index >= 15 is 0 Å². The van der Waals surface area contributed by atoms with Gasteiger partial charge in [0, 0.05) is 18.9 Å². The van der Waals surface area contributed by atoms with Crippen LogP contribution in [0.2, 0.25) is 0 Å². The number of aromatic nitrogens is 2. The summed E-state index contributed by atoms with van der Waals surface area (Å²) in [5.41, 5.74) is 3.62. The molecule has 4 heteroatoms. The molecule has 3 nitrogen and oxygen atoms in total. The monoisotopic (exact) mass is 269 g/mol. The topological polar surface area (TPSA) is 37.8 Å². The third kappa shape index (κ3) is 2.90. The van der Waals surface area contributed by atoms with Crippen molar-refractivity contribution in [1.29, 1.82) is 0 Å². The number of nitrogens with one attached hydrogen (secondary N) is 1. The number of fused-ring (bicyclic) bond motifs is 1. The van der Waals surface area contributed by atoms with Crippen molar-refractivity contribution in [2.24, 2.45) is 0 Å². The summed E-state index contributed by atoms with van der Waals surface area (Å²) in [6.45, 7) is 2.98. The molecule has 0 saturated carbocycles. The highest BCUT2D eigenvalue weighted by molar-refractivity contribution is 7.22. The maximum atomic E-state index is 4.60. The third-order valence-electron chi connectivity index (χ3n) is 2.98. The van der Waals surface area contributed by atoms with Gasteiger partial charge in [0.05, 0.1) is 10.2 Å². The smallest absolute Gasteiger partial charge is 0.183 e. The Balaban J connectivity index is 1.65. The summed E-state index contributed by atoms with van der Waals surface area (Å²) < 4.78 is 1.23. The molecule has 19 heavy (non-hydrogen) atoms. The van der Waals surface area contributed by atoms with Crippen molar-refractivity contribution in [3.05, 3.63) is 53.9 Å². The molecule has 0 radical (unpaired) electrons. The number of nitrogens with zero attached hydrogens (tertiary/aromatic N) is 2. The van der Waals surface area contributed by atoms with Crippen molar-refractivity contribution in [3.8, 4) is 0 Å². The van der Waals surface area contributed by atoms with E-state index in [-0.39, 0.29) is 0 Å². The molecule has 2 aromatic heterocycles. The standard InChI is InChI=1S/C15H15N3S/c1-11-2-3-14-13(10-11)18-15(19-14)17-9-6-12-4-7-16-8-5-12/h2-5,7-8,10H,6,9H2,1H3,(H,17,18). The Morgan fingerprint density at radius 1 is 1.16 bits per heavy atom. The van der Waals surface area contributed by atoms with Crippen LogP contribution in [0.4, 0.5) is 5.13 Å². The number of rotatable bonds is 4. The first-order valence-corrected chi connectivity index (χ1v) is 7.13. The number of thiazole rings is 1. The van der Waals surface area contributed by atoms with Gasteiger partial charge in [0.1, 0.15) is 0 Å². The van der Waals surface area contributed by atoms with Gasteiger partial charge in [0.25, 0.3) is 0 Å². The number of pyridine rings is 1. The second-order valence-electron chi connectivity index (χ2n) is 4.52. The van der Waals surface area contributed by atoms with Gasteiger partial charge in [-0.05, 0) is 48.7 Å². The molecule has 0 aliphatic carbocycles. The minimum atomic E-state index is 0.892. The van der Waals surface area contributed by atoms with Crippen LogP contribution in [-0.2, 0) is 6.42 Å². The quantitative estimate of drug-likeness (QED) is 0.785. The number of anilines is 1. The van der Waals surface area contributed by atoms with Gasteiger partial charge >= 0.3 is 0 Å². The number of hydrogen-bond donors (Lipinski definition) is 1. The van der Waals surface area contributed by atoms with E-state index in [9.17, 15) is 0 Å². The predicted octanol–water partition coefficient (Wildman–Crippen LogP) is 3.65. The van der Waals surface area contributed by atoms with Crippen molar-refractivity contribution < 1.29 is 0 Å². The highest BCUT2D eigenvalue weighted by Gasteiger charge is 2.03. The van der Waals surface area contributed by atoms with Crippen molar-refractivity contribution in [2.75, 3.05) is 11.9 Å². The van der Waals surface area contributed by atoms with Gasteiger partial charge in [-0.3, -0.25) is 4.98 Å². The molecule has 3 aromatic rings. The number of aryl methyl sites for hydroxylation is 1. The van der Waals surface area contributed by atoms with E-state index in [2.05, 4.69) is 40.4 Å². The summed E-state index contributed by atoms with van der Waals surface area (Å²) in [6.07, 6.45) is 4.64. The minimum absolute atomic E-state index is 0.892. The third-order valence-corrected chi connectivity index (χ3v) is 3.98. The maximum Gasteiger partial charge on any atom is 0.183 e. The fourth-order valence-electron chi connectivity index (χ4n) is 1.98. The Labute approximate surface area is 116 Å². The second-order valence-corrected chi connectivity index (χ2v) is 5.55. The van der Waals surface area contributed by atoms with Gasteiger partial charge in [-0.15, -0.1) is 0 Å². The van der Waals surface area contributed by atoms with Crippen LogP contribution in [0.5, 0.6) is 0 Å². The molecule has 0 unspecified atom stereocenters. The van der Waals surface area contributed by atoms with Crippen LogP contribution in [0, 0.1) is 6.92 Å². The Kier molecular flexibility index (Phi) is 3.42. The van der Waals surface area contributed by atoms with Crippen molar-refractivity contribution in [2.45, 2.75) is 13.3 Å². The first kappa shape index (κ1) is 12.1. The summed E-state index contributed by atoms with van der Waals surface area (Å²) in [7, 11) is 0. The SMILES string of the molecule is Cc1ccc2sc(NCCc3ccncc3)nc2c1. The van der Waals surface area contributed by atoms with Gasteiger partial charge in [0.2, 0.25) is 0 Å². The molecule has 1 N–H and O–H groups in total. The lowest BCUT2D eigenvalue weighted by atomic mass is 10.2. The number of benzene rings is 1. The van der Waals surface area contributed by atoms with Gasteiger partial charge in [-0.25, -0.2) is 4.98 Å². The summed E-state index contributed by atoms with van der Waals surface area (Å²) in [5, 5.41) is 4.38. The predicted molar refractivity (Wildman–Crippen MR) is 80.8 cm³/mol. The van der Waals surface area contributed by atoms with E-state index in [4.69, 9.17) is 0 Å². The van der Waals surface area contributed by atoms with Crippen LogP contribution in [0.25, 0.3) is 10.2 Å². The zero-order valence-electron chi connectivity index (χ0n) is 10.8. The average molecular weight is 269 g/mol. The zero-order chi connectivity index (χ0) is 13.1. The van der Waals surface area contributed by atoms with E-state index in [0.29, 0.717) is 0 Å². The molecule has 0 bridgehead atoms. The van der Waals surface area contributed by atoms with Crippen LogP contribution in [0.1, 0.15) is 11.1 Å². The average Bonchev–Trinajstić information content (AvgIpc) is 2.82. The molecular weight excluding hydrogens is 254 g/mol. The Morgan fingerprint density at radius 3 is 2.84 bits per heavy atom. The van der Waals surface area contributed by atoms with Gasteiger partial charge in [-0.2, -0.15) is 0 Å². The molecule has 96 valence electrons. The number of hydrogen-bond acceptors (Lipinski definition) is 4. The van der Waals surface area contributed by atoms with E-state index in [1.165, 1.54) is 15.8 Å². The van der Waals surface area contributed by atoms with Crippen LogP contribution in [0.3, 0.4) is 0 Å². The largest absolute Gasteiger partial charge is 0.361 e. The van der Waals surface area contributed by atoms with E-state index in [1.807, 2.05) is 24.5 Å². The maximum absolute atomic E-state index is 4.60. The highest BCUT2D eigenvalue weighted by Crippen LogP contribution is 2.26.